The molecule has 0 aliphatic heterocycles. The SMILES string of the molecule is CN(C)C[C@@H](NC(=O)c1nn(C)c(=O)c2ccccc12)c1ccccc1. The molecule has 1 atom stereocenters. The zero-order valence-corrected chi connectivity index (χ0v) is 15.1. The van der Waals surface area contributed by atoms with Gasteiger partial charge in [0.15, 0.2) is 5.69 Å². The van der Waals surface area contributed by atoms with Crippen LogP contribution in [0.15, 0.2) is 59.4 Å². The van der Waals surface area contributed by atoms with Gasteiger partial charge in [-0.05, 0) is 25.7 Å². The van der Waals surface area contributed by atoms with E-state index in [2.05, 4.69) is 10.4 Å². The molecule has 0 aliphatic carbocycles. The number of aromatic nitrogens is 2. The molecule has 3 aromatic rings. The topological polar surface area (TPSA) is 67.2 Å². The Labute approximate surface area is 152 Å². The Kier molecular flexibility index (Phi) is 5.14. The van der Waals surface area contributed by atoms with Crippen molar-refractivity contribution in [1.82, 2.24) is 20.0 Å². The van der Waals surface area contributed by atoms with E-state index in [1.165, 1.54) is 4.68 Å². The molecule has 3 rings (SSSR count). The summed E-state index contributed by atoms with van der Waals surface area (Å²) in [5, 5.41) is 8.31. The molecule has 0 spiro atoms. The van der Waals surface area contributed by atoms with Gasteiger partial charge in [0.1, 0.15) is 0 Å². The number of benzene rings is 2. The number of aryl methyl sites for hydroxylation is 1. The molecular weight excluding hydrogens is 328 g/mol. The fourth-order valence-electron chi connectivity index (χ4n) is 2.98. The molecule has 0 bridgehead atoms. The van der Waals surface area contributed by atoms with Crippen molar-refractivity contribution in [2.75, 3.05) is 20.6 Å². The van der Waals surface area contributed by atoms with Gasteiger partial charge in [-0.2, -0.15) is 5.10 Å². The minimum Gasteiger partial charge on any atom is -0.343 e. The van der Waals surface area contributed by atoms with Crippen LogP contribution in [0.3, 0.4) is 0 Å². The fraction of sp³-hybridized carbons (Fsp3) is 0.250. The predicted molar refractivity (Wildman–Crippen MR) is 102 cm³/mol. The highest BCUT2D eigenvalue weighted by Crippen LogP contribution is 2.17. The first-order chi connectivity index (χ1) is 12.5. The number of rotatable bonds is 5. The molecular formula is C20H22N4O2. The molecule has 6 nitrogen and oxygen atoms in total. The first-order valence-electron chi connectivity index (χ1n) is 8.44. The maximum atomic E-state index is 13.0. The quantitative estimate of drug-likeness (QED) is 0.764. The second-order valence-corrected chi connectivity index (χ2v) is 6.52. The average molecular weight is 350 g/mol. The summed E-state index contributed by atoms with van der Waals surface area (Å²) in [5.74, 6) is -0.299. The molecule has 0 fully saturated rings. The van der Waals surface area contributed by atoms with E-state index in [1.807, 2.05) is 49.3 Å². The Morgan fingerprint density at radius 3 is 2.35 bits per heavy atom. The summed E-state index contributed by atoms with van der Waals surface area (Å²) in [7, 11) is 5.48. The molecule has 0 radical (unpaired) electrons. The maximum Gasteiger partial charge on any atom is 0.274 e. The summed E-state index contributed by atoms with van der Waals surface area (Å²) in [6.07, 6.45) is 0. The Hall–Kier alpha value is -2.99. The molecule has 0 unspecified atom stereocenters. The van der Waals surface area contributed by atoms with Crippen molar-refractivity contribution in [3.8, 4) is 0 Å². The van der Waals surface area contributed by atoms with Gasteiger partial charge in [-0.1, -0.05) is 48.5 Å². The van der Waals surface area contributed by atoms with E-state index in [1.54, 1.807) is 31.3 Å². The van der Waals surface area contributed by atoms with Crippen molar-refractivity contribution in [3.05, 3.63) is 76.2 Å². The van der Waals surface area contributed by atoms with Gasteiger partial charge in [0.2, 0.25) is 0 Å². The van der Waals surface area contributed by atoms with Gasteiger partial charge in [-0.3, -0.25) is 9.59 Å². The van der Waals surface area contributed by atoms with Crippen molar-refractivity contribution in [2.24, 2.45) is 7.05 Å². The second kappa shape index (κ2) is 7.49. The normalized spacial score (nSPS) is 12.3. The molecule has 1 heterocycles. The minimum atomic E-state index is -0.299. The van der Waals surface area contributed by atoms with Crippen LogP contribution in [0.25, 0.3) is 10.8 Å². The van der Waals surface area contributed by atoms with Crippen LogP contribution in [0.5, 0.6) is 0 Å². The van der Waals surface area contributed by atoms with Gasteiger partial charge >= 0.3 is 0 Å². The van der Waals surface area contributed by atoms with Crippen LogP contribution in [0.4, 0.5) is 0 Å². The molecule has 0 saturated carbocycles. The van der Waals surface area contributed by atoms with Crippen LogP contribution < -0.4 is 10.9 Å². The number of fused-ring (bicyclic) bond motifs is 1. The molecule has 134 valence electrons. The van der Waals surface area contributed by atoms with Gasteiger partial charge < -0.3 is 10.2 Å². The lowest BCUT2D eigenvalue weighted by Crippen LogP contribution is -2.36. The molecule has 0 aliphatic rings. The zero-order valence-electron chi connectivity index (χ0n) is 15.1. The molecule has 1 N–H and O–H groups in total. The summed E-state index contributed by atoms with van der Waals surface area (Å²) >= 11 is 0. The number of amides is 1. The van der Waals surface area contributed by atoms with Gasteiger partial charge in [-0.15, -0.1) is 0 Å². The second-order valence-electron chi connectivity index (χ2n) is 6.52. The van der Waals surface area contributed by atoms with Gasteiger partial charge in [-0.25, -0.2) is 4.68 Å². The monoisotopic (exact) mass is 350 g/mol. The summed E-state index contributed by atoms with van der Waals surface area (Å²) in [6, 6.07) is 16.7. The first-order valence-corrected chi connectivity index (χ1v) is 8.44. The van der Waals surface area contributed by atoms with Crippen LogP contribution in [0.2, 0.25) is 0 Å². The van der Waals surface area contributed by atoms with Crippen molar-refractivity contribution in [1.29, 1.82) is 0 Å². The average Bonchev–Trinajstić information content (AvgIpc) is 2.64. The van der Waals surface area contributed by atoms with E-state index in [4.69, 9.17) is 0 Å². The molecule has 1 amide bonds. The lowest BCUT2D eigenvalue weighted by atomic mass is 10.1. The Balaban J connectivity index is 1.99. The van der Waals surface area contributed by atoms with Crippen molar-refractivity contribution < 1.29 is 4.79 Å². The first kappa shape index (κ1) is 17.8. The zero-order chi connectivity index (χ0) is 18.7. The van der Waals surface area contributed by atoms with E-state index in [0.717, 1.165) is 5.56 Å². The summed E-state index contributed by atoms with van der Waals surface area (Å²) < 4.78 is 1.21. The summed E-state index contributed by atoms with van der Waals surface area (Å²) in [4.78, 5) is 27.3. The number of likely N-dealkylation sites (N-methyl/N-ethyl adjacent to an activating group) is 1. The lowest BCUT2D eigenvalue weighted by molar-refractivity contribution is 0.0924. The van der Waals surface area contributed by atoms with E-state index in [9.17, 15) is 9.59 Å². The Morgan fingerprint density at radius 2 is 1.69 bits per heavy atom. The third-order valence-corrected chi connectivity index (χ3v) is 4.23. The van der Waals surface area contributed by atoms with Gasteiger partial charge in [0.05, 0.1) is 11.4 Å². The lowest BCUT2D eigenvalue weighted by Gasteiger charge is -2.23. The summed E-state index contributed by atoms with van der Waals surface area (Å²) in [5.41, 5.74) is 1.05. The van der Waals surface area contributed by atoms with Crippen molar-refractivity contribution in [3.63, 3.8) is 0 Å². The van der Waals surface area contributed by atoms with Crippen molar-refractivity contribution >= 4 is 16.7 Å². The largest absolute Gasteiger partial charge is 0.343 e. The van der Waals surface area contributed by atoms with Crippen molar-refractivity contribution in [2.45, 2.75) is 6.04 Å². The number of carbonyl (C=O) groups is 1. The number of hydrogen-bond acceptors (Lipinski definition) is 4. The van der Waals surface area contributed by atoms with Crippen LogP contribution in [0.1, 0.15) is 22.1 Å². The smallest absolute Gasteiger partial charge is 0.274 e. The number of hydrogen-bond donors (Lipinski definition) is 1. The molecule has 1 aromatic heterocycles. The van der Waals surface area contributed by atoms with E-state index in [-0.39, 0.29) is 23.2 Å². The predicted octanol–water partition coefficient (Wildman–Crippen LogP) is 1.97. The summed E-state index contributed by atoms with van der Waals surface area (Å²) in [6.45, 7) is 0.652. The molecule has 2 aromatic carbocycles. The van der Waals surface area contributed by atoms with Crippen LogP contribution >= 0.6 is 0 Å². The number of carbonyl (C=O) groups excluding carboxylic acids is 1. The highest BCUT2D eigenvalue weighted by Gasteiger charge is 2.20. The maximum absolute atomic E-state index is 13.0. The van der Waals surface area contributed by atoms with E-state index in [0.29, 0.717) is 17.3 Å². The van der Waals surface area contributed by atoms with Crippen LogP contribution in [-0.4, -0.2) is 41.2 Å². The third-order valence-electron chi connectivity index (χ3n) is 4.23. The highest BCUT2D eigenvalue weighted by atomic mass is 16.2. The van der Waals surface area contributed by atoms with E-state index < -0.39 is 0 Å². The minimum absolute atomic E-state index is 0.184. The van der Waals surface area contributed by atoms with Crippen LogP contribution in [-0.2, 0) is 7.05 Å². The Morgan fingerprint density at radius 1 is 1.08 bits per heavy atom. The number of nitrogens with one attached hydrogen (secondary N) is 1. The van der Waals surface area contributed by atoms with Gasteiger partial charge in [0, 0.05) is 19.0 Å². The standard InChI is InChI=1S/C20H22N4O2/c1-23(2)13-17(14-9-5-4-6-10-14)21-19(25)18-15-11-7-8-12-16(15)20(26)24(3)22-18/h4-12,17H,13H2,1-3H3,(H,21,25)/t17-/m1/s1. The van der Waals surface area contributed by atoms with Gasteiger partial charge in [0.25, 0.3) is 11.5 Å². The molecule has 0 saturated heterocycles. The van der Waals surface area contributed by atoms with Crippen LogP contribution in [0, 0.1) is 0 Å². The number of nitrogens with zero attached hydrogens (tertiary/aromatic N) is 3. The fourth-order valence-corrected chi connectivity index (χ4v) is 2.98. The Bertz CT molecular complexity index is 980. The van der Waals surface area contributed by atoms with E-state index >= 15 is 0 Å². The highest BCUT2D eigenvalue weighted by molar-refractivity contribution is 6.04. The molecule has 26 heavy (non-hydrogen) atoms. The third kappa shape index (κ3) is 3.65. The molecule has 6 heteroatoms.